The Hall–Kier alpha value is -18.7. The maximum atomic E-state index is 4.71. The van der Waals surface area contributed by atoms with Gasteiger partial charge in [-0.05, 0) is 332 Å². The fraction of sp³-hybridized carbons (Fsp3) is 0.0556. The van der Waals surface area contributed by atoms with E-state index in [1.807, 2.05) is 36.7 Å². The third kappa shape index (κ3) is 18.8. The Kier molecular flexibility index (Phi) is 25.0. The van der Waals surface area contributed by atoms with Crippen molar-refractivity contribution in [2.75, 3.05) is 0 Å². The van der Waals surface area contributed by atoms with Gasteiger partial charge < -0.3 is 13.7 Å². The van der Waals surface area contributed by atoms with Crippen LogP contribution in [0.15, 0.2) is 552 Å². The average molecular weight is 1910 g/mol. The molecule has 0 aliphatic rings. The van der Waals surface area contributed by atoms with Crippen molar-refractivity contribution in [1.82, 2.24) is 23.7 Å². The summed E-state index contributed by atoms with van der Waals surface area (Å²) in [5.41, 5.74) is 39.3. The average Bonchev–Trinajstić information content (AvgIpc) is 1.52. The smallest absolute Gasteiger partial charge is 0.0708 e. The minimum absolute atomic E-state index is 0.103. The number of hydrogen-bond acceptors (Lipinski definition) is 2. The third-order valence-corrected chi connectivity index (χ3v) is 29.3. The Morgan fingerprint density at radius 2 is 0.369 bits per heavy atom. The van der Waals surface area contributed by atoms with Crippen molar-refractivity contribution in [3.63, 3.8) is 0 Å². The highest BCUT2D eigenvalue weighted by molar-refractivity contribution is 6.15. The van der Waals surface area contributed by atoms with Crippen LogP contribution >= 0.6 is 0 Å². The SMILES string of the molecule is CC(C)(C)c1ccc(-c2ccc(-c3ccc(C(C)(C)C)cc3)c3cc4cc(-n5c(-c6ccccc6)ccc5-c5ccccc5)ccc4cc23)cc1.c1ccc(-c2ccc(-c3ccccc3)n2-c2ccc3cc4c(-c5ccccn5)ccc(-c5ccccn5)c4cc3c2)cc1.c1ccc(-c2cccc(-c3ccc(-c4cccc(-c5ccccc5)c4)c4cc5cc(-n6c(-c7ccccc7)ccc6-c6ccccc6)ccc5cc34)c2)cc1. The van der Waals surface area contributed by atoms with Crippen molar-refractivity contribution in [3.05, 3.63) is 563 Å². The summed E-state index contributed by atoms with van der Waals surface area (Å²) >= 11 is 0. The van der Waals surface area contributed by atoms with Crippen LogP contribution < -0.4 is 0 Å². The van der Waals surface area contributed by atoms with Gasteiger partial charge in [0.2, 0.25) is 0 Å². The molecule has 5 heteroatoms. The predicted octanol–water partition coefficient (Wildman–Crippen LogP) is 39.1. The van der Waals surface area contributed by atoms with Gasteiger partial charge in [0.15, 0.2) is 0 Å². The lowest BCUT2D eigenvalue weighted by Crippen LogP contribution is -2.10. The summed E-state index contributed by atoms with van der Waals surface area (Å²) in [5, 5.41) is 14.5. The minimum atomic E-state index is 0.103. The normalized spacial score (nSPS) is 11.6. The largest absolute Gasteiger partial charge is 0.309 e. The van der Waals surface area contributed by atoms with Crippen LogP contribution in [0.2, 0.25) is 0 Å². The molecule has 0 amide bonds. The Bertz CT molecular complexity index is 9180. The van der Waals surface area contributed by atoms with Crippen LogP contribution in [0, 0.1) is 0 Å². The molecule has 149 heavy (non-hydrogen) atoms. The second kappa shape index (κ2) is 40.1. The van der Waals surface area contributed by atoms with E-state index in [1.54, 1.807) is 0 Å². The lowest BCUT2D eigenvalue weighted by molar-refractivity contribution is 0.590. The van der Waals surface area contributed by atoms with E-state index in [1.165, 1.54) is 188 Å². The van der Waals surface area contributed by atoms with Crippen LogP contribution in [0.25, 0.3) is 239 Å². The summed E-state index contributed by atoms with van der Waals surface area (Å²) in [7, 11) is 0. The zero-order chi connectivity index (χ0) is 100. The van der Waals surface area contributed by atoms with E-state index in [0.717, 1.165) is 61.7 Å². The van der Waals surface area contributed by atoms with Gasteiger partial charge in [-0.2, -0.15) is 0 Å². The van der Waals surface area contributed by atoms with E-state index in [2.05, 4.69) is 576 Å². The molecular formula is C144H109N5. The predicted molar refractivity (Wildman–Crippen MR) is 631 cm³/mol. The monoisotopic (exact) mass is 1910 g/mol. The molecule has 0 fully saturated rings. The number of hydrogen-bond donors (Lipinski definition) is 0. The maximum Gasteiger partial charge on any atom is 0.0708 e. The van der Waals surface area contributed by atoms with E-state index in [0.29, 0.717) is 0 Å². The summed E-state index contributed by atoms with van der Waals surface area (Å²) in [4.78, 5) is 9.40. The van der Waals surface area contributed by atoms with Crippen molar-refractivity contribution in [2.24, 2.45) is 0 Å². The molecule has 0 bridgehead atoms. The molecule has 0 spiro atoms. The molecule has 0 radical (unpaired) electrons. The van der Waals surface area contributed by atoms with Gasteiger partial charge in [-0.15, -0.1) is 0 Å². The highest BCUT2D eigenvalue weighted by Gasteiger charge is 2.25. The molecule has 0 aliphatic carbocycles. The number of benzene rings is 21. The Labute approximate surface area is 871 Å². The lowest BCUT2D eigenvalue weighted by Gasteiger charge is -2.20. The maximum absolute atomic E-state index is 4.71. The molecule has 0 saturated heterocycles. The highest BCUT2D eigenvalue weighted by Crippen LogP contribution is 2.48. The molecule has 26 aromatic rings. The van der Waals surface area contributed by atoms with Crippen LogP contribution in [-0.2, 0) is 10.8 Å². The fourth-order valence-corrected chi connectivity index (χ4v) is 21.6. The molecule has 710 valence electrons. The summed E-state index contributed by atoms with van der Waals surface area (Å²) < 4.78 is 7.19. The Balaban J connectivity index is 0.000000120. The first-order chi connectivity index (χ1) is 73.1. The number of pyridine rings is 2. The van der Waals surface area contributed by atoms with E-state index in [4.69, 9.17) is 4.98 Å². The zero-order valence-corrected chi connectivity index (χ0v) is 84.3. The molecule has 0 aliphatic heterocycles. The van der Waals surface area contributed by atoms with E-state index >= 15 is 0 Å². The van der Waals surface area contributed by atoms with Crippen LogP contribution in [0.5, 0.6) is 0 Å². The van der Waals surface area contributed by atoms with Crippen LogP contribution in [0.3, 0.4) is 0 Å². The summed E-state index contributed by atoms with van der Waals surface area (Å²) in [6.07, 6.45) is 3.71. The van der Waals surface area contributed by atoms with Gasteiger partial charge in [-0.3, -0.25) is 9.97 Å². The Morgan fingerprint density at radius 3 is 0.624 bits per heavy atom. The topological polar surface area (TPSA) is 40.6 Å². The lowest BCUT2D eigenvalue weighted by atomic mass is 9.84. The van der Waals surface area contributed by atoms with Gasteiger partial charge in [-0.25, -0.2) is 0 Å². The van der Waals surface area contributed by atoms with Gasteiger partial charge in [0.25, 0.3) is 0 Å². The summed E-state index contributed by atoms with van der Waals surface area (Å²) in [6, 6.07) is 196. The van der Waals surface area contributed by atoms with Crippen molar-refractivity contribution >= 4 is 64.6 Å². The van der Waals surface area contributed by atoms with Crippen molar-refractivity contribution < 1.29 is 0 Å². The third-order valence-electron chi connectivity index (χ3n) is 29.3. The van der Waals surface area contributed by atoms with Gasteiger partial charge in [0.05, 0.1) is 45.6 Å². The molecule has 5 heterocycles. The molecule has 0 atom stereocenters. The number of fused-ring (bicyclic) bond motifs is 6. The molecule has 21 aromatic carbocycles. The van der Waals surface area contributed by atoms with Crippen LogP contribution in [0.4, 0.5) is 0 Å². The van der Waals surface area contributed by atoms with Crippen LogP contribution in [0.1, 0.15) is 52.7 Å². The fourth-order valence-electron chi connectivity index (χ4n) is 21.6. The quantitative estimate of drug-likeness (QED) is 0.0853. The van der Waals surface area contributed by atoms with Gasteiger partial charge >= 0.3 is 0 Å². The molecule has 0 unspecified atom stereocenters. The van der Waals surface area contributed by atoms with Gasteiger partial charge in [0, 0.05) is 40.6 Å². The first-order valence-corrected chi connectivity index (χ1v) is 51.5. The first-order valence-electron chi connectivity index (χ1n) is 51.5. The van der Waals surface area contributed by atoms with E-state index in [9.17, 15) is 0 Å². The standard InChI is InChI=1S/C54H37N.C50H45N.C40H27N3/c1-5-15-38(16-6-1)42-23-13-25-45(33-42)49-29-30-50(46-26-14-24-43(34-46)39-17-7-2-8-18-39)52-37-47-35-48(28-27-44(47)36-51(49)52)55-53(40-19-9-3-10-20-40)31-32-54(55)41-21-11-4-12-22-41;1-49(2,3)40-22-17-34(18-23-40)43-27-28-44(35-19-24-41(25-20-35)50(4,5)6)46-33-39-31-42(26-21-38(39)32-45(43)46)51-47(36-13-9-7-10-14-36)29-30-48(51)37-15-11-8-12-16-37;1-3-11-28(12-4-1)39-21-22-40(29-13-5-2-6-14-29)43(39)32-18-17-30-26-35-33(37-15-7-9-23-41-37)19-20-34(36(35)27-31(30)25-32)38-16-8-10-24-42-38/h1-37H;7-33H,1-6H3;1-27H. The number of nitrogens with zero attached hydrogens (tertiary/aromatic N) is 5. The summed E-state index contributed by atoms with van der Waals surface area (Å²) in [6.45, 7) is 13.7. The zero-order valence-electron chi connectivity index (χ0n) is 84.3. The van der Waals surface area contributed by atoms with Crippen LogP contribution in [-0.4, -0.2) is 23.7 Å². The van der Waals surface area contributed by atoms with Gasteiger partial charge in [-0.1, -0.05) is 436 Å². The summed E-state index contributed by atoms with van der Waals surface area (Å²) in [5.74, 6) is 0. The van der Waals surface area contributed by atoms with Crippen molar-refractivity contribution in [1.29, 1.82) is 0 Å². The van der Waals surface area contributed by atoms with Gasteiger partial charge in [0.1, 0.15) is 0 Å². The van der Waals surface area contributed by atoms with Crippen molar-refractivity contribution in [2.45, 2.75) is 52.4 Å². The molecule has 5 nitrogen and oxygen atoms in total. The number of aromatic nitrogens is 5. The molecule has 0 saturated carbocycles. The van der Waals surface area contributed by atoms with Crippen molar-refractivity contribution in [3.8, 4) is 174 Å². The number of rotatable bonds is 17. The molecule has 5 aromatic heterocycles. The first kappa shape index (κ1) is 92.7. The van der Waals surface area contributed by atoms with E-state index in [-0.39, 0.29) is 10.8 Å². The molecule has 26 rings (SSSR count). The Morgan fingerprint density at radius 1 is 0.148 bits per heavy atom. The van der Waals surface area contributed by atoms with E-state index < -0.39 is 0 Å². The molecule has 0 N–H and O–H groups in total. The molecular weight excluding hydrogens is 1800 g/mol. The second-order valence-electron chi connectivity index (χ2n) is 40.8. The minimum Gasteiger partial charge on any atom is -0.309 e. The second-order valence-corrected chi connectivity index (χ2v) is 40.8. The highest BCUT2D eigenvalue weighted by atomic mass is 15.0.